The van der Waals surface area contributed by atoms with E-state index in [1.165, 1.54) is 0 Å². The zero-order valence-electron chi connectivity index (χ0n) is 14.1. The van der Waals surface area contributed by atoms with Crippen molar-refractivity contribution in [3.63, 3.8) is 0 Å². The molecule has 0 aromatic carbocycles. The summed E-state index contributed by atoms with van der Waals surface area (Å²) in [4.78, 5) is 27.3. The van der Waals surface area contributed by atoms with Crippen LogP contribution in [0.1, 0.15) is 66.7 Å². The number of hydrogen-bond donors (Lipinski definition) is 1. The lowest BCUT2D eigenvalue weighted by molar-refractivity contribution is -0.155. The molecule has 0 aromatic heterocycles. The Labute approximate surface area is 128 Å². The Morgan fingerprint density at radius 2 is 2.00 bits per heavy atom. The number of amides is 2. The van der Waals surface area contributed by atoms with Crippen LogP contribution in [-0.2, 0) is 9.59 Å². The first kappa shape index (κ1) is 16.3. The molecule has 1 aliphatic carbocycles. The van der Waals surface area contributed by atoms with Gasteiger partial charge in [-0.1, -0.05) is 41.0 Å². The fourth-order valence-corrected chi connectivity index (χ4v) is 4.00. The topological polar surface area (TPSA) is 49.4 Å². The van der Waals surface area contributed by atoms with Gasteiger partial charge < -0.3 is 10.2 Å². The minimum Gasteiger partial charge on any atom is -0.342 e. The summed E-state index contributed by atoms with van der Waals surface area (Å²) in [7, 11) is 0. The predicted octanol–water partition coefficient (Wildman–Crippen LogP) is 2.72. The number of piperazine rings is 1. The molecule has 2 aliphatic rings. The van der Waals surface area contributed by atoms with Crippen LogP contribution >= 0.6 is 0 Å². The average Bonchev–Trinajstić information content (AvgIpc) is 2.72. The minimum absolute atomic E-state index is 0.0328. The van der Waals surface area contributed by atoms with Gasteiger partial charge in [0, 0.05) is 6.04 Å². The lowest BCUT2D eigenvalue weighted by Crippen LogP contribution is -2.67. The van der Waals surface area contributed by atoms with Gasteiger partial charge in [-0.15, -0.1) is 0 Å². The Hall–Kier alpha value is -1.06. The van der Waals surface area contributed by atoms with Gasteiger partial charge in [-0.2, -0.15) is 0 Å². The predicted molar refractivity (Wildman–Crippen MR) is 83.7 cm³/mol. The quantitative estimate of drug-likeness (QED) is 0.866. The molecule has 4 heteroatoms. The van der Waals surface area contributed by atoms with Crippen molar-refractivity contribution >= 4 is 11.8 Å². The number of carbonyl (C=O) groups is 2. The smallest absolute Gasteiger partial charge is 0.246 e. The molecule has 3 atom stereocenters. The molecule has 21 heavy (non-hydrogen) atoms. The van der Waals surface area contributed by atoms with Crippen molar-refractivity contribution in [3.05, 3.63) is 0 Å². The van der Waals surface area contributed by atoms with E-state index in [2.05, 4.69) is 33.0 Å². The minimum atomic E-state index is -0.336. The van der Waals surface area contributed by atoms with E-state index in [4.69, 9.17) is 0 Å². The monoisotopic (exact) mass is 294 g/mol. The van der Waals surface area contributed by atoms with E-state index in [9.17, 15) is 9.59 Å². The second-order valence-electron chi connectivity index (χ2n) is 7.76. The van der Waals surface area contributed by atoms with Gasteiger partial charge in [0.05, 0.1) is 0 Å². The summed E-state index contributed by atoms with van der Waals surface area (Å²) in [5, 5.41) is 2.95. The third-order valence-electron chi connectivity index (χ3n) is 5.14. The molecule has 3 unspecified atom stereocenters. The molecule has 2 amide bonds. The van der Waals surface area contributed by atoms with Crippen LogP contribution in [0.15, 0.2) is 0 Å². The maximum atomic E-state index is 13.0. The van der Waals surface area contributed by atoms with Crippen LogP contribution in [0.4, 0.5) is 0 Å². The SMILES string of the molecule is CCC1C(=O)NC(CC(C)C)C(=O)N1C1CCCC1(C)C. The van der Waals surface area contributed by atoms with E-state index in [1.54, 1.807) is 0 Å². The van der Waals surface area contributed by atoms with Crippen molar-refractivity contribution < 1.29 is 9.59 Å². The molecule has 1 saturated carbocycles. The van der Waals surface area contributed by atoms with Crippen LogP contribution < -0.4 is 5.32 Å². The normalized spacial score (nSPS) is 32.7. The maximum absolute atomic E-state index is 13.0. The molecule has 0 spiro atoms. The number of nitrogens with zero attached hydrogens (tertiary/aromatic N) is 1. The van der Waals surface area contributed by atoms with Gasteiger partial charge in [0.2, 0.25) is 11.8 Å². The zero-order valence-corrected chi connectivity index (χ0v) is 14.1. The van der Waals surface area contributed by atoms with Crippen molar-refractivity contribution in [1.82, 2.24) is 10.2 Å². The Balaban J connectivity index is 2.29. The number of hydrogen-bond acceptors (Lipinski definition) is 2. The molecule has 1 heterocycles. The Morgan fingerprint density at radius 3 is 2.48 bits per heavy atom. The Morgan fingerprint density at radius 1 is 1.33 bits per heavy atom. The van der Waals surface area contributed by atoms with Gasteiger partial charge >= 0.3 is 0 Å². The molecule has 0 aromatic rings. The number of nitrogens with one attached hydrogen (secondary N) is 1. The zero-order chi connectivity index (χ0) is 15.8. The second kappa shape index (κ2) is 5.98. The summed E-state index contributed by atoms with van der Waals surface area (Å²) in [5.74, 6) is 0.566. The number of carbonyl (C=O) groups excluding carboxylic acids is 2. The highest BCUT2D eigenvalue weighted by Crippen LogP contribution is 2.42. The Kier molecular flexibility index (Phi) is 4.64. The van der Waals surface area contributed by atoms with Gasteiger partial charge in [-0.05, 0) is 37.0 Å². The molecule has 1 saturated heterocycles. The summed E-state index contributed by atoms with van der Waals surface area (Å²) >= 11 is 0. The lowest BCUT2D eigenvalue weighted by atomic mass is 9.84. The Bertz CT molecular complexity index is 417. The summed E-state index contributed by atoms with van der Waals surface area (Å²) in [6.45, 7) is 10.6. The van der Waals surface area contributed by atoms with Gasteiger partial charge in [-0.25, -0.2) is 0 Å². The summed E-state index contributed by atoms with van der Waals surface area (Å²) in [6.07, 6.45) is 4.73. The first-order valence-electron chi connectivity index (χ1n) is 8.40. The highest BCUT2D eigenvalue weighted by atomic mass is 16.2. The van der Waals surface area contributed by atoms with Crippen LogP contribution in [0, 0.1) is 11.3 Å². The van der Waals surface area contributed by atoms with Crippen LogP contribution in [0.5, 0.6) is 0 Å². The third kappa shape index (κ3) is 3.09. The molecule has 120 valence electrons. The van der Waals surface area contributed by atoms with Gasteiger partial charge in [-0.3, -0.25) is 9.59 Å². The fourth-order valence-electron chi connectivity index (χ4n) is 4.00. The summed E-state index contributed by atoms with van der Waals surface area (Å²) in [5.41, 5.74) is 0.114. The molecule has 1 N–H and O–H groups in total. The second-order valence-corrected chi connectivity index (χ2v) is 7.76. The van der Waals surface area contributed by atoms with E-state index in [1.807, 2.05) is 11.8 Å². The van der Waals surface area contributed by atoms with E-state index >= 15 is 0 Å². The molecule has 4 nitrogen and oxygen atoms in total. The number of rotatable bonds is 4. The first-order valence-corrected chi connectivity index (χ1v) is 8.40. The van der Waals surface area contributed by atoms with Gasteiger partial charge in [0.15, 0.2) is 0 Å². The van der Waals surface area contributed by atoms with Gasteiger partial charge in [0.1, 0.15) is 12.1 Å². The first-order chi connectivity index (χ1) is 9.77. The standard InChI is InChI=1S/C17H30N2O2/c1-6-13-15(20)18-12(10-11(2)3)16(21)19(13)14-8-7-9-17(14,4)5/h11-14H,6-10H2,1-5H3,(H,18,20). The summed E-state index contributed by atoms with van der Waals surface area (Å²) < 4.78 is 0. The van der Waals surface area contributed by atoms with Crippen LogP contribution in [0.25, 0.3) is 0 Å². The molecular formula is C17H30N2O2. The fraction of sp³-hybridized carbons (Fsp3) is 0.882. The molecule has 0 radical (unpaired) electrons. The van der Waals surface area contributed by atoms with Crippen molar-refractivity contribution in [2.24, 2.45) is 11.3 Å². The van der Waals surface area contributed by atoms with Crippen molar-refractivity contribution in [3.8, 4) is 0 Å². The van der Waals surface area contributed by atoms with Crippen molar-refractivity contribution in [2.75, 3.05) is 0 Å². The van der Waals surface area contributed by atoms with Crippen LogP contribution in [0.2, 0.25) is 0 Å². The molecule has 2 fully saturated rings. The summed E-state index contributed by atoms with van der Waals surface area (Å²) in [6, 6.07) is -0.421. The highest BCUT2D eigenvalue weighted by molar-refractivity contribution is 5.97. The third-order valence-corrected chi connectivity index (χ3v) is 5.14. The van der Waals surface area contributed by atoms with Crippen LogP contribution in [0.3, 0.4) is 0 Å². The largest absolute Gasteiger partial charge is 0.342 e. The van der Waals surface area contributed by atoms with Gasteiger partial charge in [0.25, 0.3) is 0 Å². The molecule has 1 aliphatic heterocycles. The highest BCUT2D eigenvalue weighted by Gasteiger charge is 2.48. The maximum Gasteiger partial charge on any atom is 0.246 e. The molecule has 2 rings (SSSR count). The van der Waals surface area contributed by atoms with E-state index in [0.29, 0.717) is 12.3 Å². The van der Waals surface area contributed by atoms with Crippen LogP contribution in [-0.4, -0.2) is 34.8 Å². The molecular weight excluding hydrogens is 264 g/mol. The van der Waals surface area contributed by atoms with Crippen molar-refractivity contribution in [1.29, 1.82) is 0 Å². The molecule has 0 bridgehead atoms. The average molecular weight is 294 g/mol. The lowest BCUT2D eigenvalue weighted by Gasteiger charge is -2.46. The van der Waals surface area contributed by atoms with E-state index < -0.39 is 0 Å². The van der Waals surface area contributed by atoms with E-state index in [0.717, 1.165) is 25.7 Å². The van der Waals surface area contributed by atoms with Crippen molar-refractivity contribution in [2.45, 2.75) is 84.8 Å². The van der Waals surface area contributed by atoms with E-state index in [-0.39, 0.29) is 35.4 Å².